The number of fused-ring (bicyclic) bond motifs is 3. The second-order valence-electron chi connectivity index (χ2n) is 10.5. The molecule has 0 saturated carbocycles. The van der Waals surface area contributed by atoms with Gasteiger partial charge in [-0.2, -0.15) is 0 Å². The molecule has 0 saturated heterocycles. The van der Waals surface area contributed by atoms with Crippen LogP contribution >= 0.6 is 11.3 Å². The highest BCUT2D eigenvalue weighted by Crippen LogP contribution is 2.47. The summed E-state index contributed by atoms with van der Waals surface area (Å²) in [5.74, 6) is 2.05. The van der Waals surface area contributed by atoms with Gasteiger partial charge in [-0.1, -0.05) is 63.6 Å². The average molecular weight is 505 g/mol. The van der Waals surface area contributed by atoms with Gasteiger partial charge in [0, 0.05) is 4.88 Å². The molecule has 0 radical (unpaired) electrons. The maximum absolute atomic E-state index is 13.3. The third-order valence-electron chi connectivity index (χ3n) is 7.90. The average Bonchev–Trinajstić information content (AvgIpc) is 3.27. The summed E-state index contributed by atoms with van der Waals surface area (Å²) in [6.07, 6.45) is 4.06. The summed E-state index contributed by atoms with van der Waals surface area (Å²) in [6.45, 7) is 10.00. The number of amides is 1. The van der Waals surface area contributed by atoms with E-state index in [-0.39, 0.29) is 12.1 Å². The van der Waals surface area contributed by atoms with Gasteiger partial charge in [-0.25, -0.2) is 0 Å². The zero-order valence-electron chi connectivity index (χ0n) is 21.6. The summed E-state index contributed by atoms with van der Waals surface area (Å²) in [4.78, 5) is 14.6. The number of ether oxygens (including phenoxy) is 2. The highest BCUT2D eigenvalue weighted by Gasteiger charge is 2.37. The predicted octanol–water partition coefficient (Wildman–Crippen LogP) is 7.12. The largest absolute Gasteiger partial charge is 0.490 e. The molecule has 0 spiro atoms. The van der Waals surface area contributed by atoms with Gasteiger partial charge in [-0.05, 0) is 66.3 Å². The summed E-state index contributed by atoms with van der Waals surface area (Å²) >= 11 is 1.77. The summed E-state index contributed by atoms with van der Waals surface area (Å²) in [5, 5.41) is 7.78. The Morgan fingerprint density at radius 1 is 1.03 bits per heavy atom. The van der Waals surface area contributed by atoms with Crippen LogP contribution in [0.1, 0.15) is 78.6 Å². The molecule has 36 heavy (non-hydrogen) atoms. The number of hydrogen-bond acceptors (Lipinski definition) is 5. The van der Waals surface area contributed by atoms with Crippen molar-refractivity contribution in [2.45, 2.75) is 66.2 Å². The molecule has 190 valence electrons. The lowest BCUT2D eigenvalue weighted by molar-refractivity contribution is 0.0934. The first kappa shape index (κ1) is 24.7. The van der Waals surface area contributed by atoms with E-state index < -0.39 is 0 Å². The highest BCUT2D eigenvalue weighted by molar-refractivity contribution is 7.16. The number of nitrogens with one attached hydrogen (secondary N) is 2. The molecule has 2 aliphatic rings. The molecule has 2 heterocycles. The lowest BCUT2D eigenvalue weighted by Crippen LogP contribution is -2.38. The maximum atomic E-state index is 13.3. The fourth-order valence-corrected chi connectivity index (χ4v) is 6.60. The van der Waals surface area contributed by atoms with Crippen molar-refractivity contribution in [2.75, 3.05) is 11.9 Å². The molecule has 0 fully saturated rings. The van der Waals surface area contributed by atoms with Crippen LogP contribution in [0.4, 0.5) is 5.00 Å². The van der Waals surface area contributed by atoms with Gasteiger partial charge in [-0.3, -0.25) is 4.79 Å². The van der Waals surface area contributed by atoms with Crippen LogP contribution < -0.4 is 20.1 Å². The molecule has 6 heteroatoms. The molecule has 1 aliphatic carbocycles. The lowest BCUT2D eigenvalue weighted by Gasteiger charge is -2.36. The SMILES string of the molecule is CCOc1cc([C@H]2NC(=O)c3c(sc4c3CC[C@H](C(C)(C)CC)C4)N2)ccc1OCc1ccccc1. The Bertz CT molecular complexity index is 1230. The van der Waals surface area contributed by atoms with Crippen molar-refractivity contribution in [1.29, 1.82) is 0 Å². The van der Waals surface area contributed by atoms with Crippen LogP contribution in [-0.4, -0.2) is 12.5 Å². The van der Waals surface area contributed by atoms with Crippen molar-refractivity contribution >= 4 is 22.2 Å². The van der Waals surface area contributed by atoms with Crippen LogP contribution in [0.3, 0.4) is 0 Å². The van der Waals surface area contributed by atoms with Gasteiger partial charge in [0.15, 0.2) is 11.5 Å². The quantitative estimate of drug-likeness (QED) is 0.343. The van der Waals surface area contributed by atoms with Gasteiger partial charge in [-0.15, -0.1) is 11.3 Å². The number of rotatable bonds is 8. The highest BCUT2D eigenvalue weighted by atomic mass is 32.1. The van der Waals surface area contributed by atoms with Crippen LogP contribution in [0.5, 0.6) is 11.5 Å². The van der Waals surface area contributed by atoms with E-state index in [1.165, 1.54) is 16.9 Å². The molecule has 5 rings (SSSR count). The molecule has 5 nitrogen and oxygen atoms in total. The summed E-state index contributed by atoms with van der Waals surface area (Å²) < 4.78 is 12.0. The van der Waals surface area contributed by atoms with E-state index in [1.54, 1.807) is 11.3 Å². The van der Waals surface area contributed by atoms with E-state index in [9.17, 15) is 4.79 Å². The minimum absolute atomic E-state index is 0.0156. The van der Waals surface area contributed by atoms with Crippen LogP contribution in [-0.2, 0) is 19.4 Å². The van der Waals surface area contributed by atoms with Gasteiger partial charge >= 0.3 is 0 Å². The first-order valence-corrected chi connectivity index (χ1v) is 13.9. The maximum Gasteiger partial charge on any atom is 0.256 e. The molecule has 0 bridgehead atoms. The Balaban J connectivity index is 1.36. The Morgan fingerprint density at radius 3 is 2.58 bits per heavy atom. The Hall–Kier alpha value is -2.99. The standard InChI is InChI=1S/C30H36N2O3S/c1-5-30(3,4)21-13-14-22-25(17-21)36-29-26(22)28(33)31-27(32-29)20-12-15-23(24(16-20)34-6-2)35-18-19-10-8-7-9-11-19/h7-12,15-16,21,27,32H,5-6,13-14,17-18H2,1-4H3,(H,31,33)/t21-,27-/m0/s1. The third kappa shape index (κ3) is 4.83. The minimum Gasteiger partial charge on any atom is -0.490 e. The Labute approximate surface area is 218 Å². The van der Waals surface area contributed by atoms with Crippen LogP contribution in [0.2, 0.25) is 0 Å². The summed E-state index contributed by atoms with van der Waals surface area (Å²) in [5.41, 5.74) is 4.47. The minimum atomic E-state index is -0.310. The summed E-state index contributed by atoms with van der Waals surface area (Å²) in [6, 6.07) is 16.0. The molecular weight excluding hydrogens is 468 g/mol. The predicted molar refractivity (Wildman–Crippen MR) is 146 cm³/mol. The van der Waals surface area contributed by atoms with Crippen molar-refractivity contribution in [2.24, 2.45) is 11.3 Å². The van der Waals surface area contributed by atoms with Gasteiger partial charge in [0.05, 0.1) is 12.2 Å². The first-order valence-electron chi connectivity index (χ1n) is 13.0. The molecule has 2 atom stereocenters. The fraction of sp³-hybridized carbons (Fsp3) is 0.433. The topological polar surface area (TPSA) is 59.6 Å². The number of benzene rings is 2. The van der Waals surface area contributed by atoms with E-state index in [1.807, 2.05) is 55.5 Å². The van der Waals surface area contributed by atoms with E-state index in [4.69, 9.17) is 9.47 Å². The van der Waals surface area contributed by atoms with E-state index in [0.717, 1.165) is 41.0 Å². The smallest absolute Gasteiger partial charge is 0.256 e. The molecule has 0 unspecified atom stereocenters. The number of thiophene rings is 1. The molecule has 3 aromatic rings. The molecule has 1 amide bonds. The molecule has 2 N–H and O–H groups in total. The number of carbonyl (C=O) groups excluding carboxylic acids is 1. The zero-order chi connectivity index (χ0) is 25.3. The summed E-state index contributed by atoms with van der Waals surface area (Å²) in [7, 11) is 0. The van der Waals surface area contributed by atoms with Crippen LogP contribution in [0.25, 0.3) is 0 Å². The second-order valence-corrected chi connectivity index (χ2v) is 11.6. The van der Waals surface area contributed by atoms with E-state index in [0.29, 0.717) is 36.0 Å². The van der Waals surface area contributed by atoms with Crippen molar-refractivity contribution in [3.8, 4) is 11.5 Å². The fourth-order valence-electron chi connectivity index (χ4n) is 5.25. The molecule has 1 aliphatic heterocycles. The van der Waals surface area contributed by atoms with Gasteiger partial charge in [0.1, 0.15) is 17.8 Å². The van der Waals surface area contributed by atoms with Crippen molar-refractivity contribution in [3.05, 3.63) is 75.7 Å². The third-order valence-corrected chi connectivity index (χ3v) is 9.08. The van der Waals surface area contributed by atoms with Crippen molar-refractivity contribution in [1.82, 2.24) is 5.32 Å². The van der Waals surface area contributed by atoms with Crippen LogP contribution in [0.15, 0.2) is 48.5 Å². The van der Waals surface area contributed by atoms with Gasteiger partial charge in [0.25, 0.3) is 5.91 Å². The van der Waals surface area contributed by atoms with Crippen molar-refractivity contribution in [3.63, 3.8) is 0 Å². The first-order chi connectivity index (χ1) is 17.4. The van der Waals surface area contributed by atoms with E-state index in [2.05, 4.69) is 31.4 Å². The second kappa shape index (κ2) is 10.2. The Kier molecular flexibility index (Phi) is 6.98. The zero-order valence-corrected chi connectivity index (χ0v) is 22.5. The van der Waals surface area contributed by atoms with Crippen molar-refractivity contribution < 1.29 is 14.3 Å². The number of hydrogen-bond donors (Lipinski definition) is 2. The number of carbonyl (C=O) groups is 1. The van der Waals surface area contributed by atoms with Crippen LogP contribution in [0, 0.1) is 11.3 Å². The van der Waals surface area contributed by atoms with Gasteiger partial charge in [0.2, 0.25) is 0 Å². The lowest BCUT2D eigenvalue weighted by atomic mass is 9.69. The molecular formula is C30H36N2O3S. The van der Waals surface area contributed by atoms with Gasteiger partial charge < -0.3 is 20.1 Å². The monoisotopic (exact) mass is 504 g/mol. The molecule has 2 aromatic carbocycles. The normalized spacial score (nSPS) is 19.1. The molecule has 1 aromatic heterocycles. The van der Waals surface area contributed by atoms with E-state index >= 15 is 0 Å². The number of anilines is 1. The Morgan fingerprint density at radius 2 is 1.83 bits per heavy atom.